The minimum atomic E-state index is 0.139. The average Bonchev–Trinajstić information content (AvgIpc) is 2.78. The predicted octanol–water partition coefficient (Wildman–Crippen LogP) is 0.961. The molecule has 0 bridgehead atoms. The molecule has 2 rings (SSSR count). The van der Waals surface area contributed by atoms with E-state index in [-0.39, 0.29) is 12.0 Å². The van der Waals surface area contributed by atoms with Crippen molar-refractivity contribution in [3.63, 3.8) is 0 Å². The molecule has 1 unspecified atom stereocenters. The van der Waals surface area contributed by atoms with Crippen molar-refractivity contribution in [3.05, 3.63) is 24.6 Å². The van der Waals surface area contributed by atoms with Gasteiger partial charge in [0.15, 0.2) is 0 Å². The van der Waals surface area contributed by atoms with E-state index in [0.29, 0.717) is 6.04 Å². The fourth-order valence-corrected chi connectivity index (χ4v) is 2.82. The van der Waals surface area contributed by atoms with Gasteiger partial charge in [-0.1, -0.05) is 6.08 Å². The molecule has 0 amide bonds. The molecule has 0 spiro atoms. The van der Waals surface area contributed by atoms with Crippen molar-refractivity contribution in [1.82, 2.24) is 20.9 Å². The van der Waals surface area contributed by atoms with Crippen molar-refractivity contribution in [2.24, 2.45) is 5.92 Å². The molecule has 0 saturated carbocycles. The van der Waals surface area contributed by atoms with Crippen LogP contribution in [0.5, 0.6) is 0 Å². The summed E-state index contributed by atoms with van der Waals surface area (Å²) in [6.45, 7) is 6.87. The number of hydrogen-bond acceptors (Lipinski definition) is 5. The van der Waals surface area contributed by atoms with Crippen LogP contribution in [0, 0.1) is 17.2 Å². The highest BCUT2D eigenvalue weighted by molar-refractivity contribution is 5.15. The standard InChI is InChI=1S/C13H21N5/c1-4-5-18-10(2)6-11(8-14)7-13(18)12-9-17(3)16-15-12/h4,9-11,13,15-16H,1,5-7H2,2-3H3/t10-,11?,13-/m0/s1. The number of nitrogens with one attached hydrogen (secondary N) is 2. The van der Waals surface area contributed by atoms with Gasteiger partial charge in [-0.2, -0.15) is 5.26 Å². The van der Waals surface area contributed by atoms with Crippen molar-refractivity contribution in [2.75, 3.05) is 13.6 Å². The van der Waals surface area contributed by atoms with E-state index in [1.165, 1.54) is 0 Å². The number of piperidine rings is 1. The second-order valence-corrected chi connectivity index (χ2v) is 5.08. The SMILES string of the molecule is C=CCN1[C@@H](C)CC(C#N)C[C@H]1C1=CN(C)NN1. The highest BCUT2D eigenvalue weighted by atomic mass is 15.7. The van der Waals surface area contributed by atoms with Gasteiger partial charge in [0.05, 0.1) is 17.8 Å². The zero-order valence-electron chi connectivity index (χ0n) is 11.1. The van der Waals surface area contributed by atoms with Crippen LogP contribution in [0.2, 0.25) is 0 Å². The molecule has 2 heterocycles. The Kier molecular flexibility index (Phi) is 3.90. The van der Waals surface area contributed by atoms with Gasteiger partial charge in [0, 0.05) is 31.8 Å². The zero-order chi connectivity index (χ0) is 13.1. The molecular weight excluding hydrogens is 226 g/mol. The maximum atomic E-state index is 9.18. The first kappa shape index (κ1) is 12.9. The molecule has 1 fully saturated rings. The monoisotopic (exact) mass is 247 g/mol. The molecule has 0 aromatic heterocycles. The van der Waals surface area contributed by atoms with E-state index in [4.69, 9.17) is 0 Å². The van der Waals surface area contributed by atoms with Gasteiger partial charge in [-0.25, -0.2) is 0 Å². The molecule has 5 heteroatoms. The summed E-state index contributed by atoms with van der Waals surface area (Å²) in [6.07, 6.45) is 5.80. The van der Waals surface area contributed by atoms with Crippen LogP contribution < -0.4 is 11.0 Å². The summed E-state index contributed by atoms with van der Waals surface area (Å²) in [5.74, 6) is 0.139. The highest BCUT2D eigenvalue weighted by Gasteiger charge is 2.35. The number of nitrogens with zero attached hydrogens (tertiary/aromatic N) is 3. The van der Waals surface area contributed by atoms with Gasteiger partial charge < -0.3 is 5.43 Å². The molecule has 3 atom stereocenters. The van der Waals surface area contributed by atoms with Gasteiger partial charge in [0.1, 0.15) is 0 Å². The Labute approximate surface area is 109 Å². The molecule has 2 N–H and O–H groups in total. The van der Waals surface area contributed by atoms with Crippen molar-refractivity contribution in [3.8, 4) is 6.07 Å². The lowest BCUT2D eigenvalue weighted by Gasteiger charge is -2.42. The Balaban J connectivity index is 2.18. The number of hydrazine groups is 2. The number of rotatable bonds is 3. The maximum absolute atomic E-state index is 9.18. The third-order valence-corrected chi connectivity index (χ3v) is 3.69. The first-order valence-electron chi connectivity index (χ1n) is 6.38. The van der Waals surface area contributed by atoms with Gasteiger partial charge in [-0.3, -0.25) is 9.91 Å². The Morgan fingerprint density at radius 2 is 2.39 bits per heavy atom. The quantitative estimate of drug-likeness (QED) is 0.728. The first-order chi connectivity index (χ1) is 8.65. The molecule has 0 radical (unpaired) electrons. The summed E-state index contributed by atoms with van der Waals surface area (Å²) in [7, 11) is 1.95. The van der Waals surface area contributed by atoms with Crippen molar-refractivity contribution >= 4 is 0 Å². The number of likely N-dealkylation sites (tertiary alicyclic amines) is 1. The average molecular weight is 247 g/mol. The first-order valence-corrected chi connectivity index (χ1v) is 6.38. The molecule has 1 saturated heterocycles. The summed E-state index contributed by atoms with van der Waals surface area (Å²) in [5, 5.41) is 11.1. The fraction of sp³-hybridized carbons (Fsp3) is 0.615. The molecule has 2 aliphatic heterocycles. The van der Waals surface area contributed by atoms with Crippen LogP contribution in [-0.2, 0) is 0 Å². The Morgan fingerprint density at radius 1 is 1.61 bits per heavy atom. The summed E-state index contributed by atoms with van der Waals surface area (Å²) in [5.41, 5.74) is 7.34. The largest absolute Gasteiger partial charge is 0.305 e. The lowest BCUT2D eigenvalue weighted by molar-refractivity contribution is 0.104. The third kappa shape index (κ3) is 2.50. The van der Waals surface area contributed by atoms with Crippen LogP contribution in [0.3, 0.4) is 0 Å². The van der Waals surface area contributed by atoms with Crippen LogP contribution in [0.1, 0.15) is 19.8 Å². The number of nitriles is 1. The van der Waals surface area contributed by atoms with Crippen LogP contribution in [0.4, 0.5) is 0 Å². The summed E-state index contributed by atoms with van der Waals surface area (Å²) in [4.78, 5) is 2.40. The Morgan fingerprint density at radius 3 is 2.94 bits per heavy atom. The maximum Gasteiger partial charge on any atom is 0.0657 e. The minimum absolute atomic E-state index is 0.139. The number of hydrogen-bond donors (Lipinski definition) is 2. The fourth-order valence-electron chi connectivity index (χ4n) is 2.82. The van der Waals surface area contributed by atoms with E-state index in [9.17, 15) is 5.26 Å². The van der Waals surface area contributed by atoms with Gasteiger partial charge in [0.25, 0.3) is 0 Å². The van der Waals surface area contributed by atoms with E-state index < -0.39 is 0 Å². The van der Waals surface area contributed by atoms with E-state index in [1.807, 2.05) is 24.3 Å². The van der Waals surface area contributed by atoms with Crippen LogP contribution in [0.25, 0.3) is 0 Å². The van der Waals surface area contributed by atoms with Crippen LogP contribution >= 0.6 is 0 Å². The predicted molar refractivity (Wildman–Crippen MR) is 70.6 cm³/mol. The summed E-state index contributed by atoms with van der Waals surface area (Å²) < 4.78 is 0. The Bertz CT molecular complexity index is 383. The topological polar surface area (TPSA) is 54.3 Å². The van der Waals surface area contributed by atoms with Gasteiger partial charge in [0.2, 0.25) is 0 Å². The van der Waals surface area contributed by atoms with Gasteiger partial charge in [-0.15, -0.1) is 12.1 Å². The molecule has 0 aliphatic carbocycles. The van der Waals surface area contributed by atoms with E-state index in [1.54, 1.807) is 0 Å². The normalized spacial score (nSPS) is 32.6. The molecular formula is C13H21N5. The second-order valence-electron chi connectivity index (χ2n) is 5.08. The van der Waals surface area contributed by atoms with E-state index >= 15 is 0 Å². The second kappa shape index (κ2) is 5.42. The highest BCUT2D eigenvalue weighted by Crippen LogP contribution is 2.30. The minimum Gasteiger partial charge on any atom is -0.305 e. The smallest absolute Gasteiger partial charge is 0.0657 e. The third-order valence-electron chi connectivity index (χ3n) is 3.69. The lowest BCUT2D eigenvalue weighted by atomic mass is 9.86. The Hall–Kier alpha value is -1.51. The molecule has 0 aromatic rings. The lowest BCUT2D eigenvalue weighted by Crippen LogP contribution is -2.51. The molecule has 2 aliphatic rings. The van der Waals surface area contributed by atoms with Crippen molar-refractivity contribution in [1.29, 1.82) is 5.26 Å². The molecule has 0 aromatic carbocycles. The molecule has 5 nitrogen and oxygen atoms in total. The van der Waals surface area contributed by atoms with E-state index in [2.05, 4.69) is 35.4 Å². The summed E-state index contributed by atoms with van der Waals surface area (Å²) >= 11 is 0. The summed E-state index contributed by atoms with van der Waals surface area (Å²) in [6, 6.07) is 3.08. The van der Waals surface area contributed by atoms with Gasteiger partial charge >= 0.3 is 0 Å². The van der Waals surface area contributed by atoms with Crippen LogP contribution in [-0.4, -0.2) is 35.6 Å². The molecule has 98 valence electrons. The zero-order valence-corrected chi connectivity index (χ0v) is 11.1. The van der Waals surface area contributed by atoms with E-state index in [0.717, 1.165) is 25.1 Å². The van der Waals surface area contributed by atoms with Crippen molar-refractivity contribution in [2.45, 2.75) is 31.8 Å². The van der Waals surface area contributed by atoms with Crippen LogP contribution in [0.15, 0.2) is 24.6 Å². The molecule has 18 heavy (non-hydrogen) atoms. The van der Waals surface area contributed by atoms with Crippen molar-refractivity contribution < 1.29 is 0 Å². The van der Waals surface area contributed by atoms with Gasteiger partial charge in [-0.05, 0) is 19.8 Å².